The van der Waals surface area contributed by atoms with Gasteiger partial charge in [0.1, 0.15) is 0 Å². The summed E-state index contributed by atoms with van der Waals surface area (Å²) < 4.78 is 5.43. The van der Waals surface area contributed by atoms with Crippen molar-refractivity contribution in [2.45, 2.75) is 33.1 Å². The van der Waals surface area contributed by atoms with Gasteiger partial charge >= 0.3 is 5.97 Å². The molecule has 1 rings (SSSR count). The average Bonchev–Trinajstić information content (AvgIpc) is 2.42. The smallest absolute Gasteiger partial charge is 0.307 e. The molecule has 7 heteroatoms. The van der Waals surface area contributed by atoms with Crippen molar-refractivity contribution >= 4 is 24.3 Å². The van der Waals surface area contributed by atoms with Crippen LogP contribution in [-0.2, 0) is 14.3 Å². The second-order valence-electron chi connectivity index (χ2n) is 6.06. The number of carboxylic acid groups (broad SMARTS) is 1. The molecule has 0 aromatic rings. The Hall–Kier alpha value is -0.850. The molecule has 6 nitrogen and oxygen atoms in total. The van der Waals surface area contributed by atoms with E-state index in [-0.39, 0.29) is 30.8 Å². The standard InChI is InChI=1S/C15H28N2O4.ClH/c1-12(2)5-8-21-9-6-16-14(18)11-17-7-3-4-13(10-17)15(19)20;/h12-13H,3-11H2,1-2H3,(H,16,18)(H,19,20);1H. The molecule has 0 aromatic carbocycles. The summed E-state index contributed by atoms with van der Waals surface area (Å²) in [7, 11) is 0. The molecule has 1 heterocycles. The molecular formula is C15H29ClN2O4. The second kappa shape index (κ2) is 11.7. The van der Waals surface area contributed by atoms with E-state index in [4.69, 9.17) is 9.84 Å². The third kappa shape index (κ3) is 9.23. The molecular weight excluding hydrogens is 308 g/mol. The second-order valence-corrected chi connectivity index (χ2v) is 6.06. The van der Waals surface area contributed by atoms with Crippen LogP contribution in [0.5, 0.6) is 0 Å². The maximum absolute atomic E-state index is 11.8. The number of amides is 1. The zero-order valence-corrected chi connectivity index (χ0v) is 14.4. The number of aliphatic carboxylic acids is 1. The molecule has 1 unspecified atom stereocenters. The highest BCUT2D eigenvalue weighted by atomic mass is 35.5. The van der Waals surface area contributed by atoms with Crippen LogP contribution in [0.3, 0.4) is 0 Å². The normalized spacial score (nSPS) is 18.8. The first kappa shape index (κ1) is 21.1. The molecule has 1 amide bonds. The van der Waals surface area contributed by atoms with Crippen LogP contribution in [0.4, 0.5) is 0 Å². The van der Waals surface area contributed by atoms with Gasteiger partial charge in [-0.2, -0.15) is 0 Å². The molecule has 0 aliphatic carbocycles. The minimum atomic E-state index is -0.765. The number of carboxylic acids is 1. The van der Waals surface area contributed by atoms with Gasteiger partial charge in [-0.25, -0.2) is 0 Å². The number of nitrogens with one attached hydrogen (secondary N) is 1. The van der Waals surface area contributed by atoms with E-state index in [2.05, 4.69) is 19.2 Å². The lowest BCUT2D eigenvalue weighted by Gasteiger charge is -2.29. The number of carbonyl (C=O) groups is 2. The molecule has 1 saturated heterocycles. The summed E-state index contributed by atoms with van der Waals surface area (Å²) in [6, 6.07) is 0. The summed E-state index contributed by atoms with van der Waals surface area (Å²) in [6.45, 7) is 7.58. The van der Waals surface area contributed by atoms with Crippen molar-refractivity contribution < 1.29 is 19.4 Å². The van der Waals surface area contributed by atoms with E-state index < -0.39 is 5.97 Å². The molecule has 1 aliphatic heterocycles. The SMILES string of the molecule is CC(C)CCOCCNC(=O)CN1CCCC(C(=O)O)C1.Cl. The van der Waals surface area contributed by atoms with Crippen LogP contribution in [0.2, 0.25) is 0 Å². The van der Waals surface area contributed by atoms with Crippen molar-refractivity contribution in [1.82, 2.24) is 10.2 Å². The number of rotatable bonds is 9. The van der Waals surface area contributed by atoms with Crippen molar-refractivity contribution in [2.24, 2.45) is 11.8 Å². The Morgan fingerprint density at radius 1 is 1.36 bits per heavy atom. The zero-order chi connectivity index (χ0) is 15.7. The van der Waals surface area contributed by atoms with Gasteiger partial charge in [-0.1, -0.05) is 13.8 Å². The number of hydrogen-bond donors (Lipinski definition) is 2. The third-order valence-corrected chi connectivity index (χ3v) is 3.63. The van der Waals surface area contributed by atoms with Crippen LogP contribution < -0.4 is 5.32 Å². The van der Waals surface area contributed by atoms with Gasteiger partial charge in [0.15, 0.2) is 0 Å². The Kier molecular flexibility index (Phi) is 11.2. The average molecular weight is 337 g/mol. The molecule has 0 aromatic heterocycles. The fourth-order valence-electron chi connectivity index (χ4n) is 2.34. The van der Waals surface area contributed by atoms with Gasteiger partial charge in [0, 0.05) is 19.7 Å². The van der Waals surface area contributed by atoms with Crippen LogP contribution in [0.25, 0.3) is 0 Å². The summed E-state index contributed by atoms with van der Waals surface area (Å²) >= 11 is 0. The fourth-order valence-corrected chi connectivity index (χ4v) is 2.34. The molecule has 0 radical (unpaired) electrons. The molecule has 0 saturated carbocycles. The van der Waals surface area contributed by atoms with Gasteiger partial charge in [-0.05, 0) is 31.7 Å². The van der Waals surface area contributed by atoms with Crippen molar-refractivity contribution in [3.8, 4) is 0 Å². The minimum absolute atomic E-state index is 0. The Balaban J connectivity index is 0.00000441. The minimum Gasteiger partial charge on any atom is -0.481 e. The molecule has 2 N–H and O–H groups in total. The van der Waals surface area contributed by atoms with Crippen LogP contribution in [0, 0.1) is 11.8 Å². The van der Waals surface area contributed by atoms with Crippen LogP contribution in [-0.4, -0.2) is 61.3 Å². The fraction of sp³-hybridized carbons (Fsp3) is 0.867. The third-order valence-electron chi connectivity index (χ3n) is 3.63. The highest BCUT2D eigenvalue weighted by molar-refractivity contribution is 5.85. The Bertz CT molecular complexity index is 340. The van der Waals surface area contributed by atoms with Gasteiger partial charge in [-0.15, -0.1) is 12.4 Å². The number of carbonyl (C=O) groups excluding carboxylic acids is 1. The van der Waals surface area contributed by atoms with Gasteiger partial charge in [0.2, 0.25) is 5.91 Å². The van der Waals surface area contributed by atoms with Crippen molar-refractivity contribution in [3.05, 3.63) is 0 Å². The first-order chi connectivity index (χ1) is 9.99. The predicted octanol–water partition coefficient (Wildman–Crippen LogP) is 1.38. The van der Waals surface area contributed by atoms with E-state index in [0.717, 1.165) is 26.0 Å². The number of nitrogens with zero attached hydrogens (tertiary/aromatic N) is 1. The lowest BCUT2D eigenvalue weighted by Crippen LogP contribution is -2.44. The van der Waals surface area contributed by atoms with Crippen molar-refractivity contribution in [1.29, 1.82) is 0 Å². The lowest BCUT2D eigenvalue weighted by molar-refractivity contribution is -0.144. The number of ether oxygens (including phenoxy) is 1. The topological polar surface area (TPSA) is 78.9 Å². The van der Waals surface area contributed by atoms with E-state index in [1.54, 1.807) is 0 Å². The zero-order valence-electron chi connectivity index (χ0n) is 13.5. The summed E-state index contributed by atoms with van der Waals surface area (Å²) in [5.74, 6) is -0.543. The molecule has 130 valence electrons. The predicted molar refractivity (Wildman–Crippen MR) is 87.3 cm³/mol. The number of hydrogen-bond acceptors (Lipinski definition) is 4. The Morgan fingerprint density at radius 2 is 2.09 bits per heavy atom. The number of halogens is 1. The first-order valence-corrected chi connectivity index (χ1v) is 7.78. The van der Waals surface area contributed by atoms with Crippen LogP contribution in [0.1, 0.15) is 33.1 Å². The molecule has 0 spiro atoms. The molecule has 1 fully saturated rings. The molecule has 1 atom stereocenters. The van der Waals surface area contributed by atoms with Crippen LogP contribution in [0.15, 0.2) is 0 Å². The maximum atomic E-state index is 11.8. The summed E-state index contributed by atoms with van der Waals surface area (Å²) in [5.41, 5.74) is 0. The number of piperidine rings is 1. The lowest BCUT2D eigenvalue weighted by atomic mass is 9.98. The number of likely N-dealkylation sites (tertiary alicyclic amines) is 1. The van der Waals surface area contributed by atoms with Gasteiger partial charge < -0.3 is 15.2 Å². The van der Waals surface area contributed by atoms with Gasteiger partial charge in [0.05, 0.1) is 19.1 Å². The van der Waals surface area contributed by atoms with Crippen molar-refractivity contribution in [2.75, 3.05) is 39.4 Å². The highest BCUT2D eigenvalue weighted by Gasteiger charge is 2.26. The van der Waals surface area contributed by atoms with Crippen LogP contribution >= 0.6 is 12.4 Å². The Morgan fingerprint density at radius 3 is 2.73 bits per heavy atom. The van der Waals surface area contributed by atoms with E-state index >= 15 is 0 Å². The molecule has 1 aliphatic rings. The first-order valence-electron chi connectivity index (χ1n) is 7.78. The van der Waals surface area contributed by atoms with E-state index in [1.165, 1.54) is 0 Å². The quantitative estimate of drug-likeness (QED) is 0.622. The summed E-state index contributed by atoms with van der Waals surface area (Å²) in [5, 5.41) is 11.8. The van der Waals surface area contributed by atoms with E-state index in [9.17, 15) is 9.59 Å². The van der Waals surface area contributed by atoms with E-state index in [0.29, 0.717) is 32.0 Å². The maximum Gasteiger partial charge on any atom is 0.307 e. The van der Waals surface area contributed by atoms with Gasteiger partial charge in [-0.3, -0.25) is 14.5 Å². The van der Waals surface area contributed by atoms with Gasteiger partial charge in [0.25, 0.3) is 0 Å². The monoisotopic (exact) mass is 336 g/mol. The van der Waals surface area contributed by atoms with E-state index in [1.807, 2.05) is 4.90 Å². The summed E-state index contributed by atoms with van der Waals surface area (Å²) in [4.78, 5) is 24.6. The molecule has 0 bridgehead atoms. The Labute approximate surface area is 139 Å². The highest BCUT2D eigenvalue weighted by Crippen LogP contribution is 2.15. The largest absolute Gasteiger partial charge is 0.481 e. The van der Waals surface area contributed by atoms with Crippen molar-refractivity contribution in [3.63, 3.8) is 0 Å². The molecule has 22 heavy (non-hydrogen) atoms. The summed E-state index contributed by atoms with van der Waals surface area (Å²) in [6.07, 6.45) is 2.57.